The Kier molecular flexibility index (Phi) is 5.50. The number of aromatic nitrogens is 2. The summed E-state index contributed by atoms with van der Waals surface area (Å²) in [6.45, 7) is -1.44. The molecule has 0 fully saturated rings. The fourth-order valence-electron chi connectivity index (χ4n) is 2.17. The topological polar surface area (TPSA) is 76.4 Å². The van der Waals surface area contributed by atoms with E-state index < -0.39 is 18.1 Å². The molecule has 0 bridgehead atoms. The van der Waals surface area contributed by atoms with Crippen LogP contribution in [0.3, 0.4) is 0 Å². The maximum atomic E-state index is 12.4. The number of aliphatic hydroxyl groups is 1. The molecule has 24 heavy (non-hydrogen) atoms. The largest absolute Gasteiger partial charge is 0.435 e. The molecular formula is C16H19F2N3O3. The average molecular weight is 339 g/mol. The number of carbonyl (C=O) groups is 1. The van der Waals surface area contributed by atoms with Gasteiger partial charge in [0, 0.05) is 24.4 Å². The van der Waals surface area contributed by atoms with Gasteiger partial charge >= 0.3 is 6.61 Å². The van der Waals surface area contributed by atoms with Crippen LogP contribution in [0.15, 0.2) is 36.7 Å². The lowest BCUT2D eigenvalue weighted by atomic mass is 9.99. The average Bonchev–Trinajstić information content (AvgIpc) is 2.94. The third kappa shape index (κ3) is 4.76. The summed E-state index contributed by atoms with van der Waals surface area (Å²) in [4.78, 5) is 12.0. The van der Waals surface area contributed by atoms with Crippen molar-refractivity contribution < 1.29 is 23.4 Å². The molecule has 1 amide bonds. The van der Waals surface area contributed by atoms with Gasteiger partial charge in [0.25, 0.3) is 0 Å². The van der Waals surface area contributed by atoms with Crippen molar-refractivity contribution >= 4 is 5.91 Å². The van der Waals surface area contributed by atoms with Crippen LogP contribution in [0.5, 0.6) is 5.75 Å². The maximum absolute atomic E-state index is 12.4. The number of carbonyl (C=O) groups excluding carboxylic acids is 1. The molecule has 2 aromatic rings. The van der Waals surface area contributed by atoms with E-state index in [9.17, 15) is 18.7 Å². The molecule has 6 nitrogen and oxygen atoms in total. The molecular weight excluding hydrogens is 320 g/mol. The van der Waals surface area contributed by atoms with Gasteiger partial charge in [-0.25, -0.2) is 0 Å². The van der Waals surface area contributed by atoms with Crippen molar-refractivity contribution in [2.45, 2.75) is 25.6 Å². The molecule has 1 aromatic carbocycles. The van der Waals surface area contributed by atoms with E-state index in [0.717, 1.165) is 0 Å². The molecule has 1 heterocycles. The molecule has 2 rings (SSSR count). The zero-order chi connectivity index (χ0) is 17.7. The van der Waals surface area contributed by atoms with Crippen LogP contribution in [0.4, 0.5) is 8.78 Å². The summed E-state index contributed by atoms with van der Waals surface area (Å²) in [5.41, 5.74) is -0.383. The second-order valence-electron chi connectivity index (χ2n) is 5.62. The molecule has 0 spiro atoms. The van der Waals surface area contributed by atoms with Crippen LogP contribution in [-0.4, -0.2) is 34.0 Å². The van der Waals surface area contributed by atoms with Crippen molar-refractivity contribution in [2.24, 2.45) is 7.05 Å². The number of ether oxygens (including phenoxy) is 1. The number of aryl methyl sites for hydroxylation is 1. The standard InChI is InChI=1S/C16H19F2N3O3/c1-16(23,12-8-20-21(2)9-12)10-19-14(22)7-11-5-3-4-6-13(11)24-15(17)18/h3-6,8-9,15,23H,7,10H2,1-2H3,(H,19,22). The predicted octanol–water partition coefficient (Wildman–Crippen LogP) is 1.59. The van der Waals surface area contributed by atoms with E-state index in [0.29, 0.717) is 11.1 Å². The molecule has 0 aliphatic carbocycles. The highest BCUT2D eigenvalue weighted by atomic mass is 19.3. The lowest BCUT2D eigenvalue weighted by Gasteiger charge is -2.22. The second kappa shape index (κ2) is 7.39. The molecule has 0 saturated carbocycles. The van der Waals surface area contributed by atoms with Crippen LogP contribution in [0.25, 0.3) is 0 Å². The SMILES string of the molecule is Cn1cc(C(C)(O)CNC(=O)Cc2ccccc2OC(F)F)cn1. The van der Waals surface area contributed by atoms with Gasteiger partial charge in [0.2, 0.25) is 5.91 Å². The smallest absolute Gasteiger partial charge is 0.387 e. The number of para-hydroxylation sites is 1. The quantitative estimate of drug-likeness (QED) is 0.803. The van der Waals surface area contributed by atoms with Gasteiger partial charge in [-0.15, -0.1) is 0 Å². The van der Waals surface area contributed by atoms with E-state index >= 15 is 0 Å². The number of nitrogens with zero attached hydrogens (tertiary/aromatic N) is 2. The number of hydrogen-bond donors (Lipinski definition) is 2. The van der Waals surface area contributed by atoms with Gasteiger partial charge in [-0.1, -0.05) is 18.2 Å². The molecule has 1 atom stereocenters. The fraction of sp³-hybridized carbons (Fsp3) is 0.375. The number of nitrogens with one attached hydrogen (secondary N) is 1. The van der Waals surface area contributed by atoms with E-state index in [4.69, 9.17) is 0 Å². The summed E-state index contributed by atoms with van der Waals surface area (Å²) in [6, 6.07) is 6.09. The molecule has 2 N–H and O–H groups in total. The van der Waals surface area contributed by atoms with Crippen molar-refractivity contribution in [3.63, 3.8) is 0 Å². The van der Waals surface area contributed by atoms with Crippen LogP contribution in [0.1, 0.15) is 18.1 Å². The first kappa shape index (κ1) is 17.9. The summed E-state index contributed by atoms with van der Waals surface area (Å²) in [6.07, 6.45) is 3.03. The van der Waals surface area contributed by atoms with Crippen molar-refractivity contribution in [1.82, 2.24) is 15.1 Å². The van der Waals surface area contributed by atoms with Crippen molar-refractivity contribution in [1.29, 1.82) is 0 Å². The van der Waals surface area contributed by atoms with Gasteiger partial charge in [-0.3, -0.25) is 9.48 Å². The Balaban J connectivity index is 1.96. The Morgan fingerprint density at radius 2 is 2.17 bits per heavy atom. The van der Waals surface area contributed by atoms with E-state index in [2.05, 4.69) is 15.2 Å². The van der Waals surface area contributed by atoms with Crippen molar-refractivity contribution in [3.8, 4) is 5.75 Å². The minimum atomic E-state index is -2.96. The van der Waals surface area contributed by atoms with Gasteiger partial charge in [0.1, 0.15) is 11.4 Å². The maximum Gasteiger partial charge on any atom is 0.387 e. The Morgan fingerprint density at radius 3 is 2.79 bits per heavy atom. The lowest BCUT2D eigenvalue weighted by Crippen LogP contribution is -2.39. The van der Waals surface area contributed by atoms with E-state index in [1.54, 1.807) is 37.0 Å². The first-order chi connectivity index (χ1) is 11.3. The normalized spacial score (nSPS) is 13.6. The van der Waals surface area contributed by atoms with Crippen LogP contribution in [-0.2, 0) is 23.9 Å². The first-order valence-corrected chi connectivity index (χ1v) is 7.29. The summed E-state index contributed by atoms with van der Waals surface area (Å²) in [5.74, 6) is -0.453. The fourth-order valence-corrected chi connectivity index (χ4v) is 2.17. The van der Waals surface area contributed by atoms with Gasteiger partial charge in [0.05, 0.1) is 19.2 Å². The summed E-state index contributed by atoms with van der Waals surface area (Å²) >= 11 is 0. The third-order valence-corrected chi connectivity index (χ3v) is 3.50. The zero-order valence-electron chi connectivity index (χ0n) is 13.4. The zero-order valence-corrected chi connectivity index (χ0v) is 13.4. The van der Waals surface area contributed by atoms with Crippen LogP contribution < -0.4 is 10.1 Å². The monoisotopic (exact) mass is 339 g/mol. The van der Waals surface area contributed by atoms with Crippen LogP contribution >= 0.6 is 0 Å². The minimum Gasteiger partial charge on any atom is -0.435 e. The van der Waals surface area contributed by atoms with E-state index in [1.807, 2.05) is 0 Å². The summed E-state index contributed by atoms with van der Waals surface area (Å²) in [5, 5.41) is 17.0. The number of rotatable bonds is 7. The predicted molar refractivity (Wildman–Crippen MR) is 82.6 cm³/mol. The number of amides is 1. The van der Waals surface area contributed by atoms with Gasteiger partial charge in [0.15, 0.2) is 0 Å². The Labute approximate surface area is 138 Å². The number of alkyl halides is 2. The van der Waals surface area contributed by atoms with E-state index in [1.165, 1.54) is 18.3 Å². The van der Waals surface area contributed by atoms with Gasteiger partial charge in [-0.05, 0) is 13.0 Å². The highest BCUT2D eigenvalue weighted by Crippen LogP contribution is 2.21. The van der Waals surface area contributed by atoms with Crippen LogP contribution in [0.2, 0.25) is 0 Å². The summed E-state index contributed by atoms with van der Waals surface area (Å²) < 4.78 is 30.7. The molecule has 1 aromatic heterocycles. The first-order valence-electron chi connectivity index (χ1n) is 7.29. The Bertz CT molecular complexity index is 701. The van der Waals surface area contributed by atoms with Crippen molar-refractivity contribution in [3.05, 3.63) is 47.8 Å². The molecule has 0 saturated heterocycles. The highest BCUT2D eigenvalue weighted by Gasteiger charge is 2.25. The molecule has 130 valence electrons. The molecule has 0 aliphatic rings. The van der Waals surface area contributed by atoms with Gasteiger partial charge in [-0.2, -0.15) is 13.9 Å². The molecule has 0 aliphatic heterocycles. The third-order valence-electron chi connectivity index (χ3n) is 3.50. The number of benzene rings is 1. The summed E-state index contributed by atoms with van der Waals surface area (Å²) in [7, 11) is 1.72. The molecule has 8 heteroatoms. The van der Waals surface area contributed by atoms with Crippen LogP contribution in [0, 0.1) is 0 Å². The number of halogens is 2. The number of hydrogen-bond acceptors (Lipinski definition) is 4. The molecule has 0 radical (unpaired) electrons. The Hall–Kier alpha value is -2.48. The lowest BCUT2D eigenvalue weighted by molar-refractivity contribution is -0.121. The second-order valence-corrected chi connectivity index (χ2v) is 5.62. The van der Waals surface area contributed by atoms with E-state index in [-0.39, 0.29) is 18.7 Å². The minimum absolute atomic E-state index is 0.0323. The van der Waals surface area contributed by atoms with Crippen molar-refractivity contribution in [2.75, 3.05) is 6.54 Å². The Morgan fingerprint density at radius 1 is 1.46 bits per heavy atom. The van der Waals surface area contributed by atoms with Gasteiger partial charge < -0.3 is 15.2 Å². The highest BCUT2D eigenvalue weighted by molar-refractivity contribution is 5.79. The molecule has 1 unspecified atom stereocenters.